The van der Waals surface area contributed by atoms with Crippen LogP contribution in [-0.4, -0.2) is 37.5 Å². The zero-order valence-electron chi connectivity index (χ0n) is 14.6. The number of hydrogen-bond acceptors (Lipinski definition) is 4. The number of benzene rings is 1. The van der Waals surface area contributed by atoms with Gasteiger partial charge in [-0.05, 0) is 30.5 Å². The molecule has 1 aromatic rings. The van der Waals surface area contributed by atoms with Crippen molar-refractivity contribution in [2.45, 2.75) is 32.7 Å². The first-order valence-electron chi connectivity index (χ1n) is 8.26. The first-order valence-corrected chi connectivity index (χ1v) is 9.05. The van der Waals surface area contributed by atoms with Gasteiger partial charge in [-0.25, -0.2) is 4.79 Å². The number of methoxy groups -OCH3 is 1. The molecule has 2 atom stereocenters. The van der Waals surface area contributed by atoms with Crippen molar-refractivity contribution in [2.75, 3.05) is 18.6 Å². The van der Waals surface area contributed by atoms with Crippen molar-refractivity contribution in [1.29, 1.82) is 0 Å². The third kappa shape index (κ3) is 5.04. The van der Waals surface area contributed by atoms with E-state index in [4.69, 9.17) is 4.74 Å². The normalized spacial score (nSPS) is 18.4. The molecule has 7 heteroatoms. The molecule has 0 saturated carbocycles. The van der Waals surface area contributed by atoms with Crippen LogP contribution in [0.5, 0.6) is 0 Å². The highest BCUT2D eigenvalue weighted by Gasteiger charge is 2.36. The molecule has 6 nitrogen and oxygen atoms in total. The molecule has 25 heavy (non-hydrogen) atoms. The molecular formula is C18H23BrN2O4. The third-order valence-electron chi connectivity index (χ3n) is 4.12. The Bertz CT molecular complexity index is 662. The van der Waals surface area contributed by atoms with Crippen LogP contribution in [0.15, 0.2) is 28.7 Å². The summed E-state index contributed by atoms with van der Waals surface area (Å²) in [6.07, 6.45) is 0.627. The van der Waals surface area contributed by atoms with Crippen molar-refractivity contribution >= 4 is 39.4 Å². The summed E-state index contributed by atoms with van der Waals surface area (Å²) in [6, 6.07) is 6.71. The lowest BCUT2D eigenvalue weighted by Crippen LogP contribution is -2.45. The van der Waals surface area contributed by atoms with Crippen LogP contribution < -0.4 is 10.2 Å². The second kappa shape index (κ2) is 8.47. The van der Waals surface area contributed by atoms with Crippen molar-refractivity contribution in [3.05, 3.63) is 28.7 Å². The third-order valence-corrected chi connectivity index (χ3v) is 4.62. The molecule has 0 radical (unpaired) electrons. The topological polar surface area (TPSA) is 75.7 Å². The van der Waals surface area contributed by atoms with E-state index in [1.807, 2.05) is 38.1 Å². The fraction of sp³-hybridized carbons (Fsp3) is 0.500. The van der Waals surface area contributed by atoms with Crippen LogP contribution in [0.2, 0.25) is 0 Å². The lowest BCUT2D eigenvalue weighted by Gasteiger charge is -2.21. The zero-order valence-corrected chi connectivity index (χ0v) is 16.2. The molecule has 0 spiro atoms. The summed E-state index contributed by atoms with van der Waals surface area (Å²) in [4.78, 5) is 38.3. The average Bonchev–Trinajstić information content (AvgIpc) is 2.95. The van der Waals surface area contributed by atoms with Gasteiger partial charge in [0, 0.05) is 23.1 Å². The van der Waals surface area contributed by atoms with Crippen LogP contribution in [0, 0.1) is 11.8 Å². The van der Waals surface area contributed by atoms with E-state index < -0.39 is 17.9 Å². The minimum atomic E-state index is -0.687. The van der Waals surface area contributed by atoms with Gasteiger partial charge in [-0.2, -0.15) is 0 Å². The van der Waals surface area contributed by atoms with Gasteiger partial charge in [-0.1, -0.05) is 35.8 Å². The van der Waals surface area contributed by atoms with E-state index >= 15 is 0 Å². The summed E-state index contributed by atoms with van der Waals surface area (Å²) >= 11 is 3.38. The molecule has 1 aromatic carbocycles. The molecular weight excluding hydrogens is 388 g/mol. The lowest BCUT2D eigenvalue weighted by molar-refractivity contribution is -0.146. The van der Waals surface area contributed by atoms with Crippen molar-refractivity contribution in [2.24, 2.45) is 11.8 Å². The molecule has 1 N–H and O–H groups in total. The summed E-state index contributed by atoms with van der Waals surface area (Å²) in [7, 11) is 1.30. The average molecular weight is 411 g/mol. The van der Waals surface area contributed by atoms with E-state index in [2.05, 4.69) is 21.2 Å². The smallest absolute Gasteiger partial charge is 0.328 e. The molecule has 2 unspecified atom stereocenters. The molecule has 2 amide bonds. The van der Waals surface area contributed by atoms with Crippen molar-refractivity contribution in [3.63, 3.8) is 0 Å². The molecule has 0 aromatic heterocycles. The largest absolute Gasteiger partial charge is 0.467 e. The van der Waals surface area contributed by atoms with Crippen molar-refractivity contribution in [3.8, 4) is 0 Å². The molecule has 1 saturated heterocycles. The number of rotatable bonds is 6. The Morgan fingerprint density at radius 1 is 1.40 bits per heavy atom. The molecule has 1 fully saturated rings. The number of carbonyl (C=O) groups excluding carboxylic acids is 3. The van der Waals surface area contributed by atoms with Gasteiger partial charge in [0.15, 0.2) is 0 Å². The molecule has 0 bridgehead atoms. The van der Waals surface area contributed by atoms with Gasteiger partial charge in [-0.3, -0.25) is 9.59 Å². The summed E-state index contributed by atoms with van der Waals surface area (Å²) in [6.45, 7) is 4.24. The van der Waals surface area contributed by atoms with Crippen LogP contribution in [0.1, 0.15) is 26.7 Å². The van der Waals surface area contributed by atoms with E-state index in [9.17, 15) is 14.4 Å². The van der Waals surface area contributed by atoms with Crippen LogP contribution >= 0.6 is 15.9 Å². The van der Waals surface area contributed by atoms with Crippen LogP contribution in [0.3, 0.4) is 0 Å². The summed E-state index contributed by atoms with van der Waals surface area (Å²) in [5.74, 6) is -1.10. The fourth-order valence-electron chi connectivity index (χ4n) is 2.89. The highest BCUT2D eigenvalue weighted by Crippen LogP contribution is 2.27. The van der Waals surface area contributed by atoms with Gasteiger partial charge in [0.2, 0.25) is 11.8 Å². The Morgan fingerprint density at radius 3 is 2.72 bits per heavy atom. The quantitative estimate of drug-likeness (QED) is 0.730. The number of amides is 2. The molecule has 1 aliphatic rings. The predicted octanol–water partition coefficient (Wildman–Crippen LogP) is 2.51. The zero-order chi connectivity index (χ0) is 18.6. The van der Waals surface area contributed by atoms with Gasteiger partial charge < -0.3 is 15.0 Å². The van der Waals surface area contributed by atoms with Crippen molar-refractivity contribution in [1.82, 2.24) is 5.32 Å². The number of ether oxygens (including phenoxy) is 1. The van der Waals surface area contributed by atoms with E-state index in [0.29, 0.717) is 13.0 Å². The number of halogens is 1. The SMILES string of the molecule is COC(=O)C(CC(C)C)NC(=O)C1CC(=O)N(c2cccc(Br)c2)C1. The van der Waals surface area contributed by atoms with Crippen LogP contribution in [0.4, 0.5) is 5.69 Å². The maximum absolute atomic E-state index is 12.5. The lowest BCUT2D eigenvalue weighted by atomic mass is 10.0. The van der Waals surface area contributed by atoms with E-state index in [-0.39, 0.29) is 24.2 Å². The number of esters is 1. The highest BCUT2D eigenvalue weighted by molar-refractivity contribution is 9.10. The minimum Gasteiger partial charge on any atom is -0.467 e. The van der Waals surface area contributed by atoms with E-state index in [1.165, 1.54) is 7.11 Å². The summed E-state index contributed by atoms with van der Waals surface area (Å²) < 4.78 is 5.63. The van der Waals surface area contributed by atoms with Gasteiger partial charge in [0.05, 0.1) is 13.0 Å². The van der Waals surface area contributed by atoms with Gasteiger partial charge >= 0.3 is 5.97 Å². The number of carbonyl (C=O) groups is 3. The number of hydrogen-bond donors (Lipinski definition) is 1. The minimum absolute atomic E-state index is 0.100. The van der Waals surface area contributed by atoms with Gasteiger partial charge in [0.25, 0.3) is 0 Å². The number of nitrogens with one attached hydrogen (secondary N) is 1. The Hall–Kier alpha value is -1.89. The Morgan fingerprint density at radius 2 is 2.12 bits per heavy atom. The second-order valence-electron chi connectivity index (χ2n) is 6.60. The molecule has 1 heterocycles. The monoisotopic (exact) mass is 410 g/mol. The Balaban J connectivity index is 2.05. The summed E-state index contributed by atoms with van der Waals surface area (Å²) in [5, 5.41) is 2.74. The van der Waals surface area contributed by atoms with Gasteiger partial charge in [-0.15, -0.1) is 0 Å². The Kier molecular flexibility index (Phi) is 6.58. The van der Waals surface area contributed by atoms with Crippen LogP contribution in [0.25, 0.3) is 0 Å². The van der Waals surface area contributed by atoms with E-state index in [0.717, 1.165) is 10.2 Å². The van der Waals surface area contributed by atoms with Crippen LogP contribution in [-0.2, 0) is 19.1 Å². The number of nitrogens with zero attached hydrogens (tertiary/aromatic N) is 1. The summed E-state index contributed by atoms with van der Waals surface area (Å²) in [5.41, 5.74) is 0.751. The maximum Gasteiger partial charge on any atom is 0.328 e. The van der Waals surface area contributed by atoms with E-state index in [1.54, 1.807) is 4.90 Å². The van der Waals surface area contributed by atoms with Gasteiger partial charge in [0.1, 0.15) is 6.04 Å². The molecule has 0 aliphatic carbocycles. The van der Waals surface area contributed by atoms with Crippen molar-refractivity contribution < 1.29 is 19.1 Å². The first kappa shape index (κ1) is 19.4. The second-order valence-corrected chi connectivity index (χ2v) is 7.51. The maximum atomic E-state index is 12.5. The molecule has 1 aliphatic heterocycles. The fourth-order valence-corrected chi connectivity index (χ4v) is 3.28. The molecule has 136 valence electrons. The predicted molar refractivity (Wildman–Crippen MR) is 98.0 cm³/mol. The number of anilines is 1. The highest BCUT2D eigenvalue weighted by atomic mass is 79.9. The standard InChI is InChI=1S/C18H23BrN2O4/c1-11(2)7-15(18(24)25-3)20-17(23)12-8-16(22)21(10-12)14-6-4-5-13(19)9-14/h4-6,9,11-12,15H,7-8,10H2,1-3H3,(H,20,23). The Labute approximate surface area is 156 Å². The molecule has 2 rings (SSSR count). The first-order chi connectivity index (χ1) is 11.8.